The third-order valence-corrected chi connectivity index (χ3v) is 3.10. The van der Waals surface area contributed by atoms with E-state index >= 15 is 0 Å². The van der Waals surface area contributed by atoms with Crippen LogP contribution in [0.2, 0.25) is 0 Å². The largest absolute Gasteiger partial charge is 0.497 e. The lowest BCUT2D eigenvalue weighted by atomic mass is 10.2. The van der Waals surface area contributed by atoms with Crippen LogP contribution < -0.4 is 14.8 Å². The number of benzene rings is 2. The van der Waals surface area contributed by atoms with Gasteiger partial charge in [0.05, 0.1) is 7.11 Å². The second kappa shape index (κ2) is 6.79. The molecule has 110 valence electrons. The Balaban J connectivity index is 2.01. The summed E-state index contributed by atoms with van der Waals surface area (Å²) < 4.78 is 10.8. The molecule has 0 spiro atoms. The summed E-state index contributed by atoms with van der Waals surface area (Å²) in [4.78, 5) is 12.2. The Hall–Kier alpha value is -2.49. The van der Waals surface area contributed by atoms with Crippen molar-refractivity contribution in [2.24, 2.45) is 0 Å². The highest BCUT2D eigenvalue weighted by molar-refractivity contribution is 5.94. The summed E-state index contributed by atoms with van der Waals surface area (Å²) >= 11 is 0. The van der Waals surface area contributed by atoms with Gasteiger partial charge in [0, 0.05) is 11.8 Å². The number of hydrogen-bond donors (Lipinski definition) is 1. The maximum absolute atomic E-state index is 12.2. The van der Waals surface area contributed by atoms with E-state index in [0.29, 0.717) is 17.2 Å². The van der Waals surface area contributed by atoms with E-state index in [9.17, 15) is 4.79 Å². The molecule has 0 radical (unpaired) electrons. The molecular weight excluding hydrogens is 266 g/mol. The Morgan fingerprint density at radius 3 is 2.62 bits per heavy atom. The van der Waals surface area contributed by atoms with Crippen LogP contribution in [0.1, 0.15) is 12.5 Å². The summed E-state index contributed by atoms with van der Waals surface area (Å²) in [5, 5.41) is 2.81. The highest BCUT2D eigenvalue weighted by Gasteiger charge is 2.15. The zero-order valence-electron chi connectivity index (χ0n) is 12.4. The molecule has 21 heavy (non-hydrogen) atoms. The maximum Gasteiger partial charge on any atom is 0.265 e. The molecule has 0 aliphatic heterocycles. The molecule has 2 aromatic carbocycles. The lowest BCUT2D eigenvalue weighted by Gasteiger charge is -2.16. The van der Waals surface area contributed by atoms with E-state index in [1.807, 2.05) is 43.3 Å². The zero-order chi connectivity index (χ0) is 15.2. The number of aryl methyl sites for hydroxylation is 1. The molecule has 0 fully saturated rings. The number of methoxy groups -OCH3 is 1. The fourth-order valence-corrected chi connectivity index (χ4v) is 1.88. The first-order valence-electron chi connectivity index (χ1n) is 6.77. The first kappa shape index (κ1) is 14.9. The van der Waals surface area contributed by atoms with Gasteiger partial charge >= 0.3 is 0 Å². The minimum atomic E-state index is -0.586. The summed E-state index contributed by atoms with van der Waals surface area (Å²) in [6.45, 7) is 3.67. The number of carbonyl (C=O) groups excluding carboxylic acids is 1. The van der Waals surface area contributed by atoms with Gasteiger partial charge in [0.1, 0.15) is 11.5 Å². The number of nitrogens with one attached hydrogen (secondary N) is 1. The Kier molecular flexibility index (Phi) is 4.82. The van der Waals surface area contributed by atoms with E-state index in [-0.39, 0.29) is 5.91 Å². The number of amides is 1. The van der Waals surface area contributed by atoms with Gasteiger partial charge in [-0.3, -0.25) is 4.79 Å². The van der Waals surface area contributed by atoms with Crippen LogP contribution in [-0.2, 0) is 4.79 Å². The van der Waals surface area contributed by atoms with Crippen LogP contribution in [0, 0.1) is 6.92 Å². The van der Waals surface area contributed by atoms with E-state index in [2.05, 4.69) is 5.32 Å². The van der Waals surface area contributed by atoms with Gasteiger partial charge in [-0.05, 0) is 37.6 Å². The van der Waals surface area contributed by atoms with Crippen molar-refractivity contribution in [1.82, 2.24) is 0 Å². The Labute approximate surface area is 124 Å². The third kappa shape index (κ3) is 3.99. The number of anilines is 1. The van der Waals surface area contributed by atoms with Crippen LogP contribution in [0.5, 0.6) is 11.5 Å². The van der Waals surface area contributed by atoms with E-state index in [1.165, 1.54) is 0 Å². The summed E-state index contributed by atoms with van der Waals surface area (Å²) in [5.41, 5.74) is 1.68. The average molecular weight is 285 g/mol. The lowest BCUT2D eigenvalue weighted by Crippen LogP contribution is -2.30. The van der Waals surface area contributed by atoms with Gasteiger partial charge in [0.2, 0.25) is 0 Å². The molecule has 2 aromatic rings. The summed E-state index contributed by atoms with van der Waals surface area (Å²) in [7, 11) is 1.59. The Morgan fingerprint density at radius 2 is 1.90 bits per heavy atom. The minimum Gasteiger partial charge on any atom is -0.497 e. The van der Waals surface area contributed by atoms with Crippen molar-refractivity contribution in [2.45, 2.75) is 20.0 Å². The third-order valence-electron chi connectivity index (χ3n) is 3.10. The molecule has 4 nitrogen and oxygen atoms in total. The molecule has 1 amide bonds. The minimum absolute atomic E-state index is 0.202. The molecule has 0 heterocycles. The van der Waals surface area contributed by atoms with Crippen molar-refractivity contribution in [3.63, 3.8) is 0 Å². The number of carbonyl (C=O) groups is 1. The fourth-order valence-electron chi connectivity index (χ4n) is 1.88. The van der Waals surface area contributed by atoms with Crippen LogP contribution in [0.3, 0.4) is 0 Å². The summed E-state index contributed by atoms with van der Waals surface area (Å²) in [5.74, 6) is 1.21. The second-order valence-corrected chi connectivity index (χ2v) is 4.75. The van der Waals surface area contributed by atoms with Crippen LogP contribution in [0.25, 0.3) is 0 Å². The molecule has 0 unspecified atom stereocenters. The highest BCUT2D eigenvalue weighted by atomic mass is 16.5. The molecule has 1 N–H and O–H groups in total. The van der Waals surface area contributed by atoms with E-state index in [1.54, 1.807) is 26.2 Å². The maximum atomic E-state index is 12.2. The standard InChI is InChI=1S/C17H19NO3/c1-12-7-4-5-10-16(12)21-13(2)17(19)18-14-8-6-9-15(11-14)20-3/h4-11,13H,1-3H3,(H,18,19)/t13-/m1/s1. The van der Waals surface area contributed by atoms with Crippen molar-refractivity contribution < 1.29 is 14.3 Å². The normalized spacial score (nSPS) is 11.6. The molecule has 0 aliphatic carbocycles. The van der Waals surface area contributed by atoms with Crippen molar-refractivity contribution in [2.75, 3.05) is 12.4 Å². The molecule has 1 atom stereocenters. The molecule has 0 saturated carbocycles. The molecule has 4 heteroatoms. The Morgan fingerprint density at radius 1 is 1.14 bits per heavy atom. The SMILES string of the molecule is COc1cccc(NC(=O)[C@@H](C)Oc2ccccc2C)c1. The van der Waals surface area contributed by atoms with Gasteiger partial charge in [-0.15, -0.1) is 0 Å². The molecule has 0 aromatic heterocycles. The van der Waals surface area contributed by atoms with Gasteiger partial charge in [-0.2, -0.15) is 0 Å². The van der Waals surface area contributed by atoms with E-state index < -0.39 is 6.10 Å². The Bertz CT molecular complexity index is 625. The average Bonchev–Trinajstić information content (AvgIpc) is 2.49. The van der Waals surface area contributed by atoms with E-state index in [4.69, 9.17) is 9.47 Å². The van der Waals surface area contributed by atoms with Crippen LogP contribution in [-0.4, -0.2) is 19.1 Å². The van der Waals surface area contributed by atoms with Gasteiger partial charge in [-0.25, -0.2) is 0 Å². The highest BCUT2D eigenvalue weighted by Crippen LogP contribution is 2.20. The smallest absolute Gasteiger partial charge is 0.265 e. The first-order valence-corrected chi connectivity index (χ1v) is 6.77. The van der Waals surface area contributed by atoms with Gasteiger partial charge in [-0.1, -0.05) is 24.3 Å². The molecule has 0 saturated heterocycles. The van der Waals surface area contributed by atoms with Gasteiger partial charge < -0.3 is 14.8 Å². The summed E-state index contributed by atoms with van der Waals surface area (Å²) in [6.07, 6.45) is -0.586. The lowest BCUT2D eigenvalue weighted by molar-refractivity contribution is -0.122. The quantitative estimate of drug-likeness (QED) is 0.915. The predicted octanol–water partition coefficient (Wildman–Crippen LogP) is 3.41. The van der Waals surface area contributed by atoms with Crippen LogP contribution in [0.15, 0.2) is 48.5 Å². The van der Waals surface area contributed by atoms with Crippen molar-refractivity contribution >= 4 is 11.6 Å². The van der Waals surface area contributed by atoms with Crippen molar-refractivity contribution in [3.05, 3.63) is 54.1 Å². The number of hydrogen-bond acceptors (Lipinski definition) is 3. The summed E-state index contributed by atoms with van der Waals surface area (Å²) in [6, 6.07) is 14.8. The topological polar surface area (TPSA) is 47.6 Å². The van der Waals surface area contributed by atoms with Crippen molar-refractivity contribution in [1.29, 1.82) is 0 Å². The first-order chi connectivity index (χ1) is 10.1. The number of ether oxygens (including phenoxy) is 2. The molecule has 2 rings (SSSR count). The fraction of sp³-hybridized carbons (Fsp3) is 0.235. The predicted molar refractivity (Wildman–Crippen MR) is 82.9 cm³/mol. The van der Waals surface area contributed by atoms with Crippen LogP contribution in [0.4, 0.5) is 5.69 Å². The molecule has 0 aliphatic rings. The van der Waals surface area contributed by atoms with E-state index in [0.717, 1.165) is 5.56 Å². The zero-order valence-corrected chi connectivity index (χ0v) is 12.4. The number of rotatable bonds is 5. The van der Waals surface area contributed by atoms with Gasteiger partial charge in [0.25, 0.3) is 5.91 Å². The number of para-hydroxylation sites is 1. The van der Waals surface area contributed by atoms with Gasteiger partial charge in [0.15, 0.2) is 6.10 Å². The monoisotopic (exact) mass is 285 g/mol. The molecule has 0 bridgehead atoms. The second-order valence-electron chi connectivity index (χ2n) is 4.75. The van der Waals surface area contributed by atoms with Crippen LogP contribution >= 0.6 is 0 Å². The van der Waals surface area contributed by atoms with Crippen molar-refractivity contribution in [3.8, 4) is 11.5 Å². The molecular formula is C17H19NO3.